The van der Waals surface area contributed by atoms with Crippen LogP contribution in [0.25, 0.3) is 0 Å². The molecule has 1 aromatic rings. The number of nitrogens with zero attached hydrogens (tertiary/aromatic N) is 2. The third-order valence-electron chi connectivity index (χ3n) is 4.53. The Morgan fingerprint density at radius 2 is 2.17 bits per heavy atom. The number of rotatable bonds is 8. The van der Waals surface area contributed by atoms with E-state index in [1.54, 1.807) is 13.3 Å². The lowest BCUT2D eigenvalue weighted by Crippen LogP contribution is -2.47. The fourth-order valence-corrected chi connectivity index (χ4v) is 3.13. The third-order valence-corrected chi connectivity index (χ3v) is 4.53. The van der Waals surface area contributed by atoms with Crippen molar-refractivity contribution < 1.29 is 18.7 Å². The van der Waals surface area contributed by atoms with Crippen LogP contribution < -0.4 is 10.6 Å². The number of aliphatic imine (C=N–C) groups is 1. The maximum Gasteiger partial charge on any atom is 0.410 e. The van der Waals surface area contributed by atoms with Gasteiger partial charge in [0.05, 0.1) is 6.26 Å². The third kappa shape index (κ3) is 10.5. The molecule has 0 bridgehead atoms. The lowest BCUT2D eigenvalue weighted by molar-refractivity contribution is 0.0168. The van der Waals surface area contributed by atoms with Crippen molar-refractivity contribution >= 4 is 36.0 Å². The summed E-state index contributed by atoms with van der Waals surface area (Å²) in [6.07, 6.45) is 4.38. The van der Waals surface area contributed by atoms with Crippen LogP contribution in [0.3, 0.4) is 0 Å². The molecular weight excluding hydrogens is 499 g/mol. The molecule has 1 unspecified atom stereocenters. The summed E-state index contributed by atoms with van der Waals surface area (Å²) in [5.41, 5.74) is -0.462. The van der Waals surface area contributed by atoms with Crippen LogP contribution in [0, 0.1) is 5.92 Å². The molecule has 2 rings (SSSR count). The van der Waals surface area contributed by atoms with Crippen molar-refractivity contribution in [3.8, 4) is 0 Å². The first-order valence-corrected chi connectivity index (χ1v) is 10.4. The molecule has 30 heavy (non-hydrogen) atoms. The number of furan rings is 1. The molecule has 0 spiro atoms. The number of ether oxygens (including phenoxy) is 2. The predicted molar refractivity (Wildman–Crippen MR) is 128 cm³/mol. The SMILES string of the molecule is CN=C(NCCCOCc1ccco1)NCC1CCCN(C(=O)OC(C)(C)C)C1.I. The summed E-state index contributed by atoms with van der Waals surface area (Å²) in [6.45, 7) is 9.84. The van der Waals surface area contributed by atoms with Gasteiger partial charge < -0.3 is 29.4 Å². The Hall–Kier alpha value is -1.49. The molecule has 1 aromatic heterocycles. The normalized spacial score (nSPS) is 17.3. The van der Waals surface area contributed by atoms with E-state index in [9.17, 15) is 4.79 Å². The second kappa shape index (κ2) is 13.7. The molecule has 9 heteroatoms. The van der Waals surface area contributed by atoms with Gasteiger partial charge in [0, 0.05) is 39.8 Å². The second-order valence-corrected chi connectivity index (χ2v) is 8.30. The van der Waals surface area contributed by atoms with E-state index in [-0.39, 0.29) is 30.1 Å². The zero-order chi connectivity index (χ0) is 21.1. The van der Waals surface area contributed by atoms with Gasteiger partial charge in [-0.3, -0.25) is 4.99 Å². The molecule has 0 radical (unpaired) electrons. The van der Waals surface area contributed by atoms with Gasteiger partial charge in [-0.1, -0.05) is 0 Å². The van der Waals surface area contributed by atoms with Crippen molar-refractivity contribution in [3.05, 3.63) is 24.2 Å². The minimum Gasteiger partial charge on any atom is -0.467 e. The molecule has 1 aliphatic rings. The van der Waals surface area contributed by atoms with Crippen LogP contribution in [-0.4, -0.2) is 62.4 Å². The van der Waals surface area contributed by atoms with Gasteiger partial charge in [-0.25, -0.2) is 4.79 Å². The van der Waals surface area contributed by atoms with E-state index < -0.39 is 5.60 Å². The minimum absolute atomic E-state index is 0. The van der Waals surface area contributed by atoms with Gasteiger partial charge in [0.1, 0.15) is 18.0 Å². The number of hydrogen-bond donors (Lipinski definition) is 2. The number of guanidine groups is 1. The van der Waals surface area contributed by atoms with Crippen LogP contribution in [0.1, 0.15) is 45.8 Å². The van der Waals surface area contributed by atoms with Gasteiger partial charge in [0.25, 0.3) is 0 Å². The number of piperidine rings is 1. The first-order valence-electron chi connectivity index (χ1n) is 10.4. The van der Waals surface area contributed by atoms with Gasteiger partial charge in [-0.15, -0.1) is 24.0 Å². The average Bonchev–Trinajstić information content (AvgIpc) is 3.19. The van der Waals surface area contributed by atoms with Crippen LogP contribution in [0.2, 0.25) is 0 Å². The molecule has 2 heterocycles. The molecule has 1 saturated heterocycles. The van der Waals surface area contributed by atoms with Gasteiger partial charge in [0.15, 0.2) is 5.96 Å². The molecule has 1 atom stereocenters. The minimum atomic E-state index is -0.462. The number of carbonyl (C=O) groups excluding carboxylic acids is 1. The first-order chi connectivity index (χ1) is 13.9. The van der Waals surface area contributed by atoms with E-state index in [4.69, 9.17) is 13.9 Å². The van der Waals surface area contributed by atoms with E-state index in [0.29, 0.717) is 25.7 Å². The maximum absolute atomic E-state index is 12.3. The molecule has 1 aliphatic heterocycles. The van der Waals surface area contributed by atoms with Crippen LogP contribution in [0.4, 0.5) is 4.79 Å². The molecule has 1 fully saturated rings. The monoisotopic (exact) mass is 536 g/mol. The van der Waals surface area contributed by atoms with Gasteiger partial charge in [-0.05, 0) is 58.1 Å². The summed E-state index contributed by atoms with van der Waals surface area (Å²) in [5.74, 6) is 1.99. The quantitative estimate of drug-likeness (QED) is 0.229. The lowest BCUT2D eigenvalue weighted by Gasteiger charge is -2.34. The van der Waals surface area contributed by atoms with Crippen molar-refractivity contribution in [2.45, 2.75) is 52.2 Å². The predicted octanol–water partition coefficient (Wildman–Crippen LogP) is 3.62. The fraction of sp³-hybridized carbons (Fsp3) is 0.714. The maximum atomic E-state index is 12.3. The van der Waals surface area contributed by atoms with Gasteiger partial charge in [0.2, 0.25) is 0 Å². The summed E-state index contributed by atoms with van der Waals surface area (Å²) >= 11 is 0. The summed E-state index contributed by atoms with van der Waals surface area (Å²) in [5, 5.41) is 6.66. The molecule has 2 N–H and O–H groups in total. The Labute approximate surface area is 197 Å². The van der Waals surface area contributed by atoms with E-state index >= 15 is 0 Å². The molecule has 0 aliphatic carbocycles. The first kappa shape index (κ1) is 26.5. The van der Waals surface area contributed by atoms with Crippen molar-refractivity contribution in [1.82, 2.24) is 15.5 Å². The van der Waals surface area contributed by atoms with Crippen LogP contribution >= 0.6 is 24.0 Å². The highest BCUT2D eigenvalue weighted by molar-refractivity contribution is 14.0. The Morgan fingerprint density at radius 3 is 2.83 bits per heavy atom. The molecule has 1 amide bonds. The van der Waals surface area contributed by atoms with Crippen molar-refractivity contribution in [1.29, 1.82) is 0 Å². The van der Waals surface area contributed by atoms with Crippen molar-refractivity contribution in [2.75, 3.05) is 39.8 Å². The highest BCUT2D eigenvalue weighted by Crippen LogP contribution is 2.18. The molecular formula is C21H37IN4O4. The average molecular weight is 536 g/mol. The Bertz CT molecular complexity index is 631. The summed E-state index contributed by atoms with van der Waals surface area (Å²) in [7, 11) is 1.76. The van der Waals surface area contributed by atoms with Crippen LogP contribution in [0.15, 0.2) is 27.8 Å². The fourth-order valence-electron chi connectivity index (χ4n) is 3.13. The van der Waals surface area contributed by atoms with Crippen LogP contribution in [0.5, 0.6) is 0 Å². The van der Waals surface area contributed by atoms with E-state index in [0.717, 1.165) is 50.6 Å². The summed E-state index contributed by atoms with van der Waals surface area (Å²) in [4.78, 5) is 18.4. The van der Waals surface area contributed by atoms with E-state index in [2.05, 4.69) is 15.6 Å². The summed E-state index contributed by atoms with van der Waals surface area (Å²) < 4.78 is 16.3. The van der Waals surface area contributed by atoms with Gasteiger partial charge in [-0.2, -0.15) is 0 Å². The van der Waals surface area contributed by atoms with Crippen molar-refractivity contribution in [2.24, 2.45) is 10.9 Å². The van der Waals surface area contributed by atoms with Crippen LogP contribution in [-0.2, 0) is 16.1 Å². The topological polar surface area (TPSA) is 88.3 Å². The number of amides is 1. The zero-order valence-corrected chi connectivity index (χ0v) is 20.9. The number of hydrogen-bond acceptors (Lipinski definition) is 5. The Balaban J connectivity index is 0.00000450. The standard InChI is InChI=1S/C21H36N4O4.HI/c1-21(2,3)29-20(26)25-11-5-8-17(15-25)14-24-19(22-4)23-10-7-12-27-16-18-9-6-13-28-18;/h6,9,13,17H,5,7-8,10-12,14-16H2,1-4H3,(H2,22,23,24);1H. The number of nitrogens with one attached hydrogen (secondary N) is 2. The smallest absolute Gasteiger partial charge is 0.410 e. The lowest BCUT2D eigenvalue weighted by atomic mass is 9.98. The number of halogens is 1. The molecule has 8 nitrogen and oxygen atoms in total. The highest BCUT2D eigenvalue weighted by Gasteiger charge is 2.27. The molecule has 172 valence electrons. The number of likely N-dealkylation sites (tertiary alicyclic amines) is 1. The van der Waals surface area contributed by atoms with E-state index in [1.807, 2.05) is 37.8 Å². The largest absolute Gasteiger partial charge is 0.467 e. The second-order valence-electron chi connectivity index (χ2n) is 8.30. The zero-order valence-electron chi connectivity index (χ0n) is 18.6. The Kier molecular flexibility index (Phi) is 12.2. The van der Waals surface area contributed by atoms with Gasteiger partial charge >= 0.3 is 6.09 Å². The molecule has 0 aromatic carbocycles. The van der Waals surface area contributed by atoms with E-state index in [1.165, 1.54) is 0 Å². The highest BCUT2D eigenvalue weighted by atomic mass is 127. The molecule has 0 saturated carbocycles. The van der Waals surface area contributed by atoms with Crippen molar-refractivity contribution in [3.63, 3.8) is 0 Å². The Morgan fingerprint density at radius 1 is 1.37 bits per heavy atom. The number of carbonyl (C=O) groups is 1. The summed E-state index contributed by atoms with van der Waals surface area (Å²) in [6, 6.07) is 3.76.